The molecule has 12 atom stereocenters. The highest BCUT2D eigenvalue weighted by Gasteiger charge is 2.71. The zero-order valence-corrected chi connectivity index (χ0v) is 27.3. The highest BCUT2D eigenvalue weighted by Crippen LogP contribution is 2.70. The van der Waals surface area contributed by atoms with E-state index in [9.17, 15) is 20.1 Å². The van der Waals surface area contributed by atoms with Crippen LogP contribution in [0.1, 0.15) is 83.6 Å². The van der Waals surface area contributed by atoms with Crippen LogP contribution < -0.4 is 0 Å². The molecular weight excluding hydrogens is 588 g/mol. The zero-order valence-electron chi connectivity index (χ0n) is 27.3. The number of hydrogen-bond acceptors (Lipinski definition) is 10. The summed E-state index contributed by atoms with van der Waals surface area (Å²) in [5, 5.41) is 36.0. The van der Waals surface area contributed by atoms with E-state index in [1.54, 1.807) is 25.6 Å². The monoisotopic (exact) mass is 638 g/mol. The third kappa shape index (κ3) is 5.10. The van der Waals surface area contributed by atoms with Gasteiger partial charge in [0.2, 0.25) is 0 Å². The summed E-state index contributed by atoms with van der Waals surface area (Å²) in [6.07, 6.45) is 11.8. The van der Waals surface area contributed by atoms with Crippen LogP contribution in [0.4, 0.5) is 0 Å². The first kappa shape index (κ1) is 32.3. The fourth-order valence-electron chi connectivity index (χ4n) is 10.8. The van der Waals surface area contributed by atoms with Gasteiger partial charge >= 0.3 is 5.97 Å². The number of rotatable bonds is 7. The van der Waals surface area contributed by atoms with Gasteiger partial charge in [0, 0.05) is 55.5 Å². The van der Waals surface area contributed by atoms with E-state index in [2.05, 4.69) is 18.1 Å². The maximum absolute atomic E-state index is 12.8. The number of esters is 1. The first-order chi connectivity index (χ1) is 22.0. The number of aliphatic imine (C=N–C) groups is 1. The Balaban J connectivity index is 1.17. The van der Waals surface area contributed by atoms with Crippen LogP contribution in [0.5, 0.6) is 0 Å². The number of aliphatic hydroxyl groups excluding tert-OH is 1. The van der Waals surface area contributed by atoms with Gasteiger partial charge < -0.3 is 34.3 Å². The quantitative estimate of drug-likeness (QED) is 0.231. The topological polar surface area (TPSA) is 140 Å². The zero-order chi connectivity index (χ0) is 32.3. The number of methoxy groups -OCH3 is 1. The predicted molar refractivity (Wildman–Crippen MR) is 169 cm³/mol. The molecule has 5 fully saturated rings. The lowest BCUT2D eigenvalue weighted by atomic mass is 9.41. The molecule has 0 aromatic carbocycles. The fraction of sp³-hybridized carbons (Fsp3) is 0.750. The van der Waals surface area contributed by atoms with Gasteiger partial charge in [-0.2, -0.15) is 0 Å². The van der Waals surface area contributed by atoms with Crippen LogP contribution in [0.3, 0.4) is 0 Å². The molecule has 7 rings (SSSR count). The minimum Gasteiger partial charge on any atom is -0.458 e. The number of carbonyl (C=O) groups is 1. The lowest BCUT2D eigenvalue weighted by Crippen LogP contribution is -2.69. The van der Waals surface area contributed by atoms with Crippen molar-refractivity contribution in [3.8, 4) is 0 Å². The van der Waals surface area contributed by atoms with Crippen LogP contribution in [0.25, 0.3) is 0 Å². The normalized spacial score (nSPS) is 47.2. The molecular formula is C36H50N2O8. The van der Waals surface area contributed by atoms with Crippen LogP contribution >= 0.6 is 0 Å². The Morgan fingerprint density at radius 3 is 2.61 bits per heavy atom. The SMILES string of the molecule is CO[C@H]1C[C@H](O[C@@H]2CC[C@]3(C=NCc4ccncc4)[C@H]4CC[C@]5(C)[C@H](C6=CC(=O)OC6)CC[C@]5(O)[C@@H]4CC[C@@]3(O)C2)O[C@H](C)[C@H]1O. The summed E-state index contributed by atoms with van der Waals surface area (Å²) in [7, 11) is 1.60. The van der Waals surface area contributed by atoms with Gasteiger partial charge in [0.25, 0.3) is 0 Å². The van der Waals surface area contributed by atoms with Crippen molar-refractivity contribution in [1.29, 1.82) is 0 Å². The maximum Gasteiger partial charge on any atom is 0.331 e. The number of ether oxygens (including phenoxy) is 4. The summed E-state index contributed by atoms with van der Waals surface area (Å²) in [5.41, 5.74) is -0.871. The molecule has 0 amide bonds. The average Bonchev–Trinajstić information content (AvgIpc) is 3.58. The molecule has 1 aromatic rings. The minimum atomic E-state index is -1.06. The van der Waals surface area contributed by atoms with E-state index in [4.69, 9.17) is 23.9 Å². The summed E-state index contributed by atoms with van der Waals surface area (Å²) in [6.45, 7) is 4.87. The summed E-state index contributed by atoms with van der Waals surface area (Å²) < 4.78 is 23.4. The van der Waals surface area contributed by atoms with E-state index in [1.165, 1.54) is 0 Å². The van der Waals surface area contributed by atoms with Crippen molar-refractivity contribution in [2.75, 3.05) is 13.7 Å². The standard InChI is InChI=1S/C36H50N2O8/c1-22-32(40)29(43-3)17-31(45-22)46-25-4-11-34(21-38-19-23-8-14-37-15-9-23)27-5-10-33(2)26(24-16-30(39)44-20-24)7-13-36(33,42)28(27)6-12-35(34,41)18-25/h8-9,14-16,21-22,25-29,31-32,40-42H,4-7,10-13,17-20H2,1-3H3/t22-,25-,26+,27+,28-,29+,31+,32-,33-,34+,35-,36+/m1/s1. The molecule has 46 heavy (non-hydrogen) atoms. The van der Waals surface area contributed by atoms with Crippen molar-refractivity contribution in [3.63, 3.8) is 0 Å². The van der Waals surface area contributed by atoms with Crippen molar-refractivity contribution in [2.45, 2.75) is 127 Å². The Labute approximate surface area is 271 Å². The molecule has 1 saturated heterocycles. The van der Waals surface area contributed by atoms with Gasteiger partial charge in [-0.1, -0.05) is 6.92 Å². The molecule has 4 saturated carbocycles. The van der Waals surface area contributed by atoms with E-state index >= 15 is 0 Å². The number of aliphatic hydroxyl groups is 3. The molecule has 3 N–H and O–H groups in total. The number of pyridine rings is 1. The minimum absolute atomic E-state index is 0.00599. The maximum atomic E-state index is 12.8. The number of cyclic esters (lactones) is 1. The summed E-state index contributed by atoms with van der Waals surface area (Å²) in [5.74, 6) is -0.111. The lowest BCUT2D eigenvalue weighted by molar-refractivity contribution is -0.284. The molecule has 2 aliphatic heterocycles. The lowest BCUT2D eigenvalue weighted by Gasteiger charge is -2.66. The third-order valence-electron chi connectivity index (χ3n) is 13.3. The van der Waals surface area contributed by atoms with Crippen molar-refractivity contribution in [3.05, 3.63) is 41.7 Å². The van der Waals surface area contributed by atoms with Crippen LogP contribution in [0.15, 0.2) is 41.2 Å². The smallest absolute Gasteiger partial charge is 0.331 e. The molecule has 0 unspecified atom stereocenters. The second-order valence-corrected chi connectivity index (χ2v) is 15.2. The van der Waals surface area contributed by atoms with Gasteiger partial charge in [0.05, 0.1) is 36.1 Å². The van der Waals surface area contributed by atoms with Crippen LogP contribution in [-0.2, 0) is 30.3 Å². The third-order valence-corrected chi connectivity index (χ3v) is 13.3. The average molecular weight is 639 g/mol. The number of hydrogen-bond donors (Lipinski definition) is 3. The molecule has 6 aliphatic rings. The van der Waals surface area contributed by atoms with Crippen LogP contribution in [-0.4, -0.2) is 88.1 Å². The Kier molecular flexibility index (Phi) is 8.46. The van der Waals surface area contributed by atoms with Gasteiger partial charge in [-0.05, 0) is 99.3 Å². The number of fused-ring (bicyclic) bond motifs is 5. The largest absolute Gasteiger partial charge is 0.458 e. The Hall–Kier alpha value is -2.21. The predicted octanol–water partition coefficient (Wildman–Crippen LogP) is 3.90. The second-order valence-electron chi connectivity index (χ2n) is 15.2. The molecule has 0 radical (unpaired) electrons. The molecule has 0 bridgehead atoms. The van der Waals surface area contributed by atoms with Gasteiger partial charge in [-0.25, -0.2) is 4.79 Å². The Morgan fingerprint density at radius 1 is 1.09 bits per heavy atom. The van der Waals surface area contributed by atoms with E-state index in [0.29, 0.717) is 45.3 Å². The molecule has 0 spiro atoms. The molecule has 10 nitrogen and oxygen atoms in total. The van der Waals surface area contributed by atoms with E-state index in [1.807, 2.05) is 19.1 Å². The molecule has 10 heteroatoms. The molecule has 3 heterocycles. The van der Waals surface area contributed by atoms with Crippen LogP contribution in [0.2, 0.25) is 0 Å². The first-order valence-corrected chi connectivity index (χ1v) is 17.3. The Bertz CT molecular complexity index is 1360. The highest BCUT2D eigenvalue weighted by atomic mass is 16.7. The van der Waals surface area contributed by atoms with Gasteiger partial charge in [-0.15, -0.1) is 0 Å². The van der Waals surface area contributed by atoms with Crippen molar-refractivity contribution in [2.24, 2.45) is 33.6 Å². The van der Waals surface area contributed by atoms with Crippen LogP contribution in [0, 0.1) is 28.6 Å². The van der Waals surface area contributed by atoms with Crippen molar-refractivity contribution in [1.82, 2.24) is 4.98 Å². The van der Waals surface area contributed by atoms with E-state index < -0.39 is 35.1 Å². The summed E-state index contributed by atoms with van der Waals surface area (Å²) >= 11 is 0. The second kappa shape index (κ2) is 12.0. The summed E-state index contributed by atoms with van der Waals surface area (Å²) in [6, 6.07) is 3.93. The Morgan fingerprint density at radius 2 is 1.87 bits per heavy atom. The number of carbonyl (C=O) groups excluding carboxylic acids is 1. The molecule has 252 valence electrons. The first-order valence-electron chi connectivity index (χ1n) is 17.3. The molecule has 4 aliphatic carbocycles. The fourth-order valence-corrected chi connectivity index (χ4v) is 10.8. The number of aromatic nitrogens is 1. The highest BCUT2D eigenvalue weighted by molar-refractivity contribution is 5.85. The molecule has 1 aromatic heterocycles. The van der Waals surface area contributed by atoms with E-state index in [-0.39, 0.29) is 41.3 Å². The van der Waals surface area contributed by atoms with Crippen molar-refractivity contribution >= 4 is 12.2 Å². The van der Waals surface area contributed by atoms with Gasteiger partial charge in [0.15, 0.2) is 6.29 Å². The van der Waals surface area contributed by atoms with Gasteiger partial charge in [-0.3, -0.25) is 9.98 Å². The number of nitrogens with zero attached hydrogens (tertiary/aromatic N) is 2. The van der Waals surface area contributed by atoms with E-state index in [0.717, 1.165) is 43.2 Å². The van der Waals surface area contributed by atoms with Crippen molar-refractivity contribution < 1.29 is 39.1 Å². The summed E-state index contributed by atoms with van der Waals surface area (Å²) in [4.78, 5) is 21.1. The van der Waals surface area contributed by atoms with Gasteiger partial charge in [0.1, 0.15) is 12.7 Å².